The second kappa shape index (κ2) is 6.09. The number of nitrogens with zero attached hydrogens (tertiary/aromatic N) is 1. The van der Waals surface area contributed by atoms with Crippen molar-refractivity contribution in [2.45, 2.75) is 20.0 Å². The highest BCUT2D eigenvalue weighted by molar-refractivity contribution is 5.43. The first-order valence-corrected chi connectivity index (χ1v) is 5.08. The third-order valence-corrected chi connectivity index (χ3v) is 1.88. The van der Waals surface area contributed by atoms with Crippen molar-refractivity contribution in [3.8, 4) is 11.8 Å². The highest BCUT2D eigenvalue weighted by Gasteiger charge is 2.08. The van der Waals surface area contributed by atoms with Gasteiger partial charge in [0.1, 0.15) is 29.8 Å². The summed E-state index contributed by atoms with van der Waals surface area (Å²) < 4.78 is 23.7. The van der Waals surface area contributed by atoms with Gasteiger partial charge < -0.3 is 9.47 Å². The zero-order valence-corrected chi connectivity index (χ0v) is 9.37. The topological polar surface area (TPSA) is 42.2 Å². The van der Waals surface area contributed by atoms with Crippen LogP contribution in [0.15, 0.2) is 18.2 Å². The van der Waals surface area contributed by atoms with Crippen LogP contribution in [0.25, 0.3) is 0 Å². The average molecular weight is 223 g/mol. The lowest BCUT2D eigenvalue weighted by Gasteiger charge is -2.10. The van der Waals surface area contributed by atoms with Gasteiger partial charge in [-0.25, -0.2) is 4.39 Å². The summed E-state index contributed by atoms with van der Waals surface area (Å²) >= 11 is 0. The van der Waals surface area contributed by atoms with Crippen LogP contribution in [0.2, 0.25) is 0 Å². The molecule has 0 aliphatic rings. The molecule has 0 spiro atoms. The molecule has 0 saturated heterocycles. The summed E-state index contributed by atoms with van der Waals surface area (Å²) in [7, 11) is 0. The van der Waals surface area contributed by atoms with E-state index in [1.807, 2.05) is 13.8 Å². The van der Waals surface area contributed by atoms with Crippen molar-refractivity contribution in [3.63, 3.8) is 0 Å². The molecule has 0 heterocycles. The second-order valence-electron chi connectivity index (χ2n) is 3.49. The summed E-state index contributed by atoms with van der Waals surface area (Å²) in [6.07, 6.45) is 0.131. The Morgan fingerprint density at radius 3 is 2.75 bits per heavy atom. The number of halogens is 1. The molecule has 0 radical (unpaired) electrons. The van der Waals surface area contributed by atoms with Crippen molar-refractivity contribution in [1.82, 2.24) is 0 Å². The van der Waals surface area contributed by atoms with Crippen molar-refractivity contribution in [3.05, 3.63) is 29.6 Å². The lowest BCUT2D eigenvalue weighted by molar-refractivity contribution is 0.0551. The van der Waals surface area contributed by atoms with Gasteiger partial charge in [-0.15, -0.1) is 0 Å². The number of ether oxygens (including phenoxy) is 2. The lowest BCUT2D eigenvalue weighted by Crippen LogP contribution is -2.11. The molecule has 0 N–H and O–H groups in total. The van der Waals surface area contributed by atoms with Crippen molar-refractivity contribution in [2.75, 3.05) is 13.2 Å². The van der Waals surface area contributed by atoms with Gasteiger partial charge in [0.15, 0.2) is 0 Å². The molecule has 0 aliphatic heterocycles. The van der Waals surface area contributed by atoms with Gasteiger partial charge in [0, 0.05) is 0 Å². The molecule has 0 bridgehead atoms. The quantitative estimate of drug-likeness (QED) is 0.720. The Morgan fingerprint density at radius 1 is 1.38 bits per heavy atom. The Morgan fingerprint density at radius 2 is 2.12 bits per heavy atom. The van der Waals surface area contributed by atoms with Crippen LogP contribution in [-0.2, 0) is 4.74 Å². The van der Waals surface area contributed by atoms with E-state index in [1.54, 1.807) is 12.1 Å². The van der Waals surface area contributed by atoms with Gasteiger partial charge in [0.05, 0.1) is 12.7 Å². The summed E-state index contributed by atoms with van der Waals surface area (Å²) in [6.45, 7) is 4.56. The van der Waals surface area contributed by atoms with Crippen LogP contribution in [0.1, 0.15) is 19.4 Å². The predicted molar refractivity (Wildman–Crippen MR) is 57.7 cm³/mol. The molecule has 0 aromatic heterocycles. The van der Waals surface area contributed by atoms with Gasteiger partial charge in [-0.2, -0.15) is 5.26 Å². The molecule has 4 heteroatoms. The zero-order chi connectivity index (χ0) is 12.0. The fraction of sp³-hybridized carbons (Fsp3) is 0.417. The minimum absolute atomic E-state index is 0.0629. The minimum Gasteiger partial charge on any atom is -0.490 e. The summed E-state index contributed by atoms with van der Waals surface area (Å²) in [5.41, 5.74) is -0.0629. The molecule has 0 unspecified atom stereocenters. The minimum atomic E-state index is -0.565. The van der Waals surface area contributed by atoms with E-state index in [2.05, 4.69) is 0 Å². The lowest BCUT2D eigenvalue weighted by atomic mass is 10.2. The van der Waals surface area contributed by atoms with Crippen LogP contribution in [0.4, 0.5) is 4.39 Å². The van der Waals surface area contributed by atoms with E-state index in [1.165, 1.54) is 12.1 Å². The smallest absolute Gasteiger partial charge is 0.144 e. The molecule has 16 heavy (non-hydrogen) atoms. The molecule has 0 atom stereocenters. The normalized spacial score (nSPS) is 10.2. The van der Waals surface area contributed by atoms with E-state index in [0.717, 1.165) is 0 Å². The average Bonchev–Trinajstić information content (AvgIpc) is 2.24. The van der Waals surface area contributed by atoms with Gasteiger partial charge >= 0.3 is 0 Å². The number of hydrogen-bond donors (Lipinski definition) is 0. The highest BCUT2D eigenvalue weighted by atomic mass is 19.1. The Kier molecular flexibility index (Phi) is 4.74. The van der Waals surface area contributed by atoms with Crippen LogP contribution < -0.4 is 4.74 Å². The maximum atomic E-state index is 13.2. The van der Waals surface area contributed by atoms with Gasteiger partial charge in [0.25, 0.3) is 0 Å². The standard InChI is InChI=1S/C12H14FNO2/c1-9(2)15-6-7-16-12-5-3-4-11(13)10(12)8-14/h3-5,9H,6-7H2,1-2H3. The molecular formula is C12H14FNO2. The maximum absolute atomic E-state index is 13.2. The van der Waals surface area contributed by atoms with Gasteiger partial charge in [0.2, 0.25) is 0 Å². The molecule has 1 rings (SSSR count). The maximum Gasteiger partial charge on any atom is 0.144 e. The molecule has 1 aromatic rings. The molecule has 0 saturated carbocycles. The first-order chi connectivity index (χ1) is 7.65. The number of hydrogen-bond acceptors (Lipinski definition) is 3. The second-order valence-corrected chi connectivity index (χ2v) is 3.49. The van der Waals surface area contributed by atoms with Gasteiger partial charge in [-0.1, -0.05) is 6.07 Å². The molecule has 3 nitrogen and oxygen atoms in total. The van der Waals surface area contributed by atoms with E-state index in [-0.39, 0.29) is 17.4 Å². The Balaban J connectivity index is 2.54. The van der Waals surface area contributed by atoms with Crippen LogP contribution in [0.5, 0.6) is 5.75 Å². The van der Waals surface area contributed by atoms with Gasteiger partial charge in [-0.05, 0) is 26.0 Å². The number of nitriles is 1. The summed E-state index contributed by atoms with van der Waals surface area (Å²) in [6, 6.07) is 6.08. The molecule has 0 aliphatic carbocycles. The van der Waals surface area contributed by atoms with Crippen LogP contribution >= 0.6 is 0 Å². The van der Waals surface area contributed by atoms with E-state index >= 15 is 0 Å². The molecule has 1 aromatic carbocycles. The molecule has 0 fully saturated rings. The van der Waals surface area contributed by atoms with E-state index in [0.29, 0.717) is 13.2 Å². The Labute approximate surface area is 94.4 Å². The SMILES string of the molecule is CC(C)OCCOc1cccc(F)c1C#N. The molecule has 0 amide bonds. The van der Waals surface area contributed by atoms with Crippen molar-refractivity contribution >= 4 is 0 Å². The fourth-order valence-corrected chi connectivity index (χ4v) is 1.17. The third kappa shape index (κ3) is 3.52. The van der Waals surface area contributed by atoms with E-state index in [9.17, 15) is 4.39 Å². The van der Waals surface area contributed by atoms with Crippen LogP contribution in [0, 0.1) is 17.1 Å². The van der Waals surface area contributed by atoms with Crippen LogP contribution in [-0.4, -0.2) is 19.3 Å². The monoisotopic (exact) mass is 223 g/mol. The number of rotatable bonds is 5. The highest BCUT2D eigenvalue weighted by Crippen LogP contribution is 2.20. The van der Waals surface area contributed by atoms with Crippen molar-refractivity contribution in [1.29, 1.82) is 5.26 Å². The van der Waals surface area contributed by atoms with E-state index < -0.39 is 5.82 Å². The molecular weight excluding hydrogens is 209 g/mol. The van der Waals surface area contributed by atoms with Gasteiger partial charge in [-0.3, -0.25) is 0 Å². The largest absolute Gasteiger partial charge is 0.490 e. The zero-order valence-electron chi connectivity index (χ0n) is 9.37. The molecule has 86 valence electrons. The summed E-state index contributed by atoms with van der Waals surface area (Å²) in [5, 5.41) is 8.74. The van der Waals surface area contributed by atoms with Crippen molar-refractivity contribution in [2.24, 2.45) is 0 Å². The summed E-state index contributed by atoms with van der Waals surface area (Å²) in [4.78, 5) is 0. The fourth-order valence-electron chi connectivity index (χ4n) is 1.17. The summed E-state index contributed by atoms with van der Waals surface area (Å²) in [5.74, 6) is -0.306. The predicted octanol–water partition coefficient (Wildman–Crippen LogP) is 2.50. The first-order valence-electron chi connectivity index (χ1n) is 5.08. The van der Waals surface area contributed by atoms with Crippen LogP contribution in [0.3, 0.4) is 0 Å². The van der Waals surface area contributed by atoms with Crippen molar-refractivity contribution < 1.29 is 13.9 Å². The first kappa shape index (κ1) is 12.5. The Hall–Kier alpha value is -1.60. The van der Waals surface area contributed by atoms with E-state index in [4.69, 9.17) is 14.7 Å². The number of benzene rings is 1. The third-order valence-electron chi connectivity index (χ3n) is 1.88. The Bertz CT molecular complexity index is 385.